The lowest BCUT2D eigenvalue weighted by atomic mass is 9.67. The molecule has 8 nitrogen and oxygen atoms in total. The van der Waals surface area contributed by atoms with Crippen LogP contribution in [0, 0.1) is 0 Å². The molecule has 1 aliphatic heterocycles. The van der Waals surface area contributed by atoms with Crippen LogP contribution in [-0.4, -0.2) is 58.7 Å². The molecule has 1 unspecified atom stereocenters. The summed E-state index contributed by atoms with van der Waals surface area (Å²) in [6.45, 7) is 1.48. The predicted octanol–water partition coefficient (Wildman–Crippen LogP) is 2.23. The van der Waals surface area contributed by atoms with E-state index in [1.807, 2.05) is 30.3 Å². The molecular weight excluding hydrogens is 452 g/mol. The number of sulfonamides is 1. The number of carbonyl (C=O) groups is 1. The van der Waals surface area contributed by atoms with Gasteiger partial charge in [0.05, 0.1) is 25.0 Å². The van der Waals surface area contributed by atoms with E-state index in [9.17, 15) is 13.2 Å². The number of nitrogens with one attached hydrogen (secondary N) is 3. The highest BCUT2D eigenvalue weighted by Crippen LogP contribution is 2.38. The van der Waals surface area contributed by atoms with Crippen LogP contribution in [0.2, 0.25) is 0 Å². The molecule has 2 fully saturated rings. The van der Waals surface area contributed by atoms with E-state index < -0.39 is 21.5 Å². The molecule has 4 rings (SSSR count). The second kappa shape index (κ2) is 10.1. The second-order valence-electron chi connectivity index (χ2n) is 9.01. The first kappa shape index (κ1) is 24.2. The summed E-state index contributed by atoms with van der Waals surface area (Å²) in [7, 11) is -2.19. The Morgan fingerprint density at radius 2 is 1.74 bits per heavy atom. The molecule has 9 heteroatoms. The molecule has 1 aliphatic carbocycles. The third-order valence-corrected chi connectivity index (χ3v) is 7.02. The van der Waals surface area contributed by atoms with Crippen molar-refractivity contribution in [3.05, 3.63) is 65.7 Å². The lowest BCUT2D eigenvalue weighted by molar-refractivity contribution is 0.0918. The van der Waals surface area contributed by atoms with Gasteiger partial charge in [0.1, 0.15) is 11.6 Å². The zero-order valence-electron chi connectivity index (χ0n) is 19.6. The number of hydrogen-bond acceptors (Lipinski definition) is 5. The van der Waals surface area contributed by atoms with Crippen molar-refractivity contribution >= 4 is 21.8 Å². The Bertz CT molecular complexity index is 1140. The predicted molar refractivity (Wildman–Crippen MR) is 133 cm³/mol. The molecule has 1 atom stereocenters. The third-order valence-electron chi connectivity index (χ3n) is 6.49. The van der Waals surface area contributed by atoms with Crippen molar-refractivity contribution in [1.82, 2.24) is 16.0 Å². The highest BCUT2D eigenvalue weighted by atomic mass is 32.2. The number of carbonyl (C=O) groups excluding carboxylic acids is 1. The van der Waals surface area contributed by atoms with Gasteiger partial charge in [-0.25, -0.2) is 8.42 Å². The largest absolute Gasteiger partial charge is 0.496 e. The Kier molecular flexibility index (Phi) is 7.23. The van der Waals surface area contributed by atoms with Crippen LogP contribution in [0.5, 0.6) is 5.75 Å². The van der Waals surface area contributed by atoms with E-state index >= 15 is 0 Å². The summed E-state index contributed by atoms with van der Waals surface area (Å²) in [5.74, 6) is 0.406. The molecule has 2 aromatic rings. The molecule has 1 saturated heterocycles. The van der Waals surface area contributed by atoms with Gasteiger partial charge in [-0.2, -0.15) is 0 Å². The molecule has 2 aromatic carbocycles. The molecule has 0 radical (unpaired) electrons. The Balaban J connectivity index is 1.84. The van der Waals surface area contributed by atoms with Gasteiger partial charge >= 0.3 is 0 Å². The minimum Gasteiger partial charge on any atom is -0.496 e. The molecule has 182 valence electrons. The van der Waals surface area contributed by atoms with Crippen LogP contribution in [0.4, 0.5) is 0 Å². The minimum absolute atomic E-state index is 0.153. The molecule has 1 saturated carbocycles. The number of rotatable bonds is 8. The van der Waals surface area contributed by atoms with E-state index in [0.717, 1.165) is 37.8 Å². The van der Waals surface area contributed by atoms with Crippen molar-refractivity contribution in [3.63, 3.8) is 0 Å². The van der Waals surface area contributed by atoms with Gasteiger partial charge < -0.3 is 20.7 Å². The molecule has 34 heavy (non-hydrogen) atoms. The summed E-state index contributed by atoms with van der Waals surface area (Å²) >= 11 is 0. The standard InChI is InChI=1S/C25H32N4O4S/c1-33-21-11-7-6-10-20(21)24(30)28-22(23(27-19-12-13-19)29-34(2,31)32)25(14-16-26-17-15-25)18-8-4-3-5-9-18/h3-11,19,22,26H,12-17H2,1-2H3,(H,27,29)(H,28,30). The van der Waals surface area contributed by atoms with Crippen LogP contribution in [-0.2, 0) is 15.4 Å². The van der Waals surface area contributed by atoms with Crippen LogP contribution < -0.4 is 20.7 Å². The van der Waals surface area contributed by atoms with E-state index in [0.29, 0.717) is 30.0 Å². The van der Waals surface area contributed by atoms with E-state index in [4.69, 9.17) is 4.74 Å². The van der Waals surface area contributed by atoms with Crippen LogP contribution in [0.3, 0.4) is 0 Å². The van der Waals surface area contributed by atoms with Gasteiger partial charge in [-0.3, -0.25) is 4.79 Å². The number of nitrogens with zero attached hydrogens (tertiary/aromatic N) is 1. The first-order valence-electron chi connectivity index (χ1n) is 11.6. The zero-order valence-corrected chi connectivity index (χ0v) is 20.4. The molecule has 1 heterocycles. The number of piperidine rings is 1. The quantitative estimate of drug-likeness (QED) is 0.392. The summed E-state index contributed by atoms with van der Waals surface area (Å²) in [5, 5.41) is 9.89. The SMILES string of the molecule is COc1ccccc1C(=O)NC(C(=NS(C)(=O)=O)NC1CC1)C1(c2ccccc2)CCNCC1. The van der Waals surface area contributed by atoms with Gasteiger partial charge in [0.2, 0.25) is 0 Å². The fourth-order valence-electron chi connectivity index (χ4n) is 4.67. The topological polar surface area (TPSA) is 109 Å². The summed E-state index contributed by atoms with van der Waals surface area (Å²) in [6.07, 6.45) is 4.38. The Labute approximate surface area is 201 Å². The van der Waals surface area contributed by atoms with Gasteiger partial charge in [-0.1, -0.05) is 42.5 Å². The van der Waals surface area contributed by atoms with E-state index in [2.05, 4.69) is 20.3 Å². The maximum atomic E-state index is 13.6. The molecular formula is C25H32N4O4S. The van der Waals surface area contributed by atoms with Gasteiger partial charge in [-0.15, -0.1) is 4.40 Å². The highest BCUT2D eigenvalue weighted by molar-refractivity contribution is 7.89. The molecule has 0 bridgehead atoms. The number of benzene rings is 2. The van der Waals surface area contributed by atoms with E-state index in [1.54, 1.807) is 24.3 Å². The van der Waals surface area contributed by atoms with Crippen LogP contribution in [0.25, 0.3) is 0 Å². The molecule has 2 aliphatic rings. The third kappa shape index (κ3) is 5.59. The van der Waals surface area contributed by atoms with Gasteiger partial charge in [0.25, 0.3) is 15.9 Å². The minimum atomic E-state index is -3.71. The molecule has 3 N–H and O–H groups in total. The zero-order chi connectivity index (χ0) is 24.2. The molecule has 0 spiro atoms. The van der Waals surface area contributed by atoms with Gasteiger partial charge in [0, 0.05) is 11.5 Å². The Hall–Kier alpha value is -2.91. The van der Waals surface area contributed by atoms with Crippen molar-refractivity contribution in [2.45, 2.75) is 43.2 Å². The normalized spacial score (nSPS) is 19.2. The first-order chi connectivity index (χ1) is 16.3. The lowest BCUT2D eigenvalue weighted by Gasteiger charge is -2.45. The van der Waals surface area contributed by atoms with Crippen LogP contribution in [0.15, 0.2) is 59.0 Å². The summed E-state index contributed by atoms with van der Waals surface area (Å²) in [5.41, 5.74) is 0.883. The van der Waals surface area contributed by atoms with Crippen molar-refractivity contribution in [2.24, 2.45) is 4.40 Å². The lowest BCUT2D eigenvalue weighted by Crippen LogP contribution is -2.61. The summed E-state index contributed by atoms with van der Waals surface area (Å²) in [4.78, 5) is 13.6. The van der Waals surface area contributed by atoms with Crippen molar-refractivity contribution < 1.29 is 17.9 Å². The molecule has 1 amide bonds. The fraction of sp³-hybridized carbons (Fsp3) is 0.440. The average Bonchev–Trinajstić information content (AvgIpc) is 3.66. The number of amides is 1. The number of amidine groups is 1. The number of para-hydroxylation sites is 1. The number of methoxy groups -OCH3 is 1. The van der Waals surface area contributed by atoms with E-state index in [-0.39, 0.29) is 11.9 Å². The van der Waals surface area contributed by atoms with Crippen molar-refractivity contribution in [2.75, 3.05) is 26.5 Å². The average molecular weight is 485 g/mol. The second-order valence-corrected chi connectivity index (χ2v) is 10.7. The van der Waals surface area contributed by atoms with Crippen LogP contribution >= 0.6 is 0 Å². The van der Waals surface area contributed by atoms with Crippen LogP contribution in [0.1, 0.15) is 41.6 Å². The maximum absolute atomic E-state index is 13.6. The van der Waals surface area contributed by atoms with Crippen molar-refractivity contribution in [3.8, 4) is 5.75 Å². The van der Waals surface area contributed by atoms with E-state index in [1.165, 1.54) is 7.11 Å². The number of ether oxygens (including phenoxy) is 1. The fourth-order valence-corrected chi connectivity index (χ4v) is 5.19. The highest BCUT2D eigenvalue weighted by Gasteiger charge is 2.46. The maximum Gasteiger partial charge on any atom is 0.255 e. The van der Waals surface area contributed by atoms with Crippen molar-refractivity contribution in [1.29, 1.82) is 0 Å². The Morgan fingerprint density at radius 3 is 2.35 bits per heavy atom. The monoisotopic (exact) mass is 484 g/mol. The van der Waals surface area contributed by atoms with Gasteiger partial charge in [-0.05, 0) is 56.5 Å². The summed E-state index contributed by atoms with van der Waals surface area (Å²) in [6, 6.07) is 16.5. The Morgan fingerprint density at radius 1 is 1.09 bits per heavy atom. The first-order valence-corrected chi connectivity index (χ1v) is 13.4. The smallest absolute Gasteiger partial charge is 0.255 e. The number of hydrogen-bond donors (Lipinski definition) is 3. The molecule has 0 aromatic heterocycles. The summed E-state index contributed by atoms with van der Waals surface area (Å²) < 4.78 is 34.3. The van der Waals surface area contributed by atoms with Gasteiger partial charge in [0.15, 0.2) is 0 Å².